The van der Waals surface area contributed by atoms with Gasteiger partial charge in [-0.2, -0.15) is 0 Å². The van der Waals surface area contributed by atoms with Gasteiger partial charge in [0.1, 0.15) is 12.1 Å². The Morgan fingerprint density at radius 1 is 1.24 bits per heavy atom. The summed E-state index contributed by atoms with van der Waals surface area (Å²) in [5.74, 6) is -3.60. The smallest absolute Gasteiger partial charge is 0.280 e. The average molecular weight is 482 g/mol. The van der Waals surface area contributed by atoms with Gasteiger partial charge in [-0.05, 0) is 50.3 Å². The van der Waals surface area contributed by atoms with Gasteiger partial charge in [0.05, 0.1) is 24.3 Å². The number of nitrogens with one attached hydrogen (secondary N) is 3. The Balaban J connectivity index is 1.60. The number of allylic oxidation sites excluding steroid dienone is 1. The third-order valence-electron chi connectivity index (χ3n) is 6.75. The fourth-order valence-electron chi connectivity index (χ4n) is 4.75. The zero-order valence-electron chi connectivity index (χ0n) is 19.5. The van der Waals surface area contributed by atoms with Crippen LogP contribution < -0.4 is 20.9 Å². The first kappa shape index (κ1) is 25.9. The highest BCUT2D eigenvalue weighted by Crippen LogP contribution is 2.36. The van der Waals surface area contributed by atoms with Gasteiger partial charge in [-0.3, -0.25) is 9.69 Å². The van der Waals surface area contributed by atoms with Crippen LogP contribution in [0.3, 0.4) is 0 Å². The predicted molar refractivity (Wildman–Crippen MR) is 127 cm³/mol. The van der Waals surface area contributed by atoms with Crippen molar-refractivity contribution in [3.8, 4) is 0 Å². The number of nitrogens with zero attached hydrogens (tertiary/aromatic N) is 2. The molecule has 2 aliphatic heterocycles. The van der Waals surface area contributed by atoms with Gasteiger partial charge in [0.2, 0.25) is 6.41 Å². The zero-order valence-corrected chi connectivity index (χ0v) is 19.5. The van der Waals surface area contributed by atoms with E-state index in [0.717, 1.165) is 12.0 Å². The Morgan fingerprint density at radius 2 is 1.97 bits per heavy atom. The summed E-state index contributed by atoms with van der Waals surface area (Å²) in [6, 6.07) is 2.96. The predicted octanol–water partition coefficient (Wildman–Crippen LogP) is 2.74. The molecule has 1 aromatic carbocycles. The molecule has 0 bridgehead atoms. The maximum atomic E-state index is 15.1. The molecule has 7 nitrogen and oxygen atoms in total. The fourth-order valence-corrected chi connectivity index (χ4v) is 4.75. The van der Waals surface area contributed by atoms with Gasteiger partial charge in [0.25, 0.3) is 5.92 Å². The summed E-state index contributed by atoms with van der Waals surface area (Å²) in [6.45, 7) is 4.58. The second-order valence-corrected chi connectivity index (χ2v) is 9.03. The van der Waals surface area contributed by atoms with E-state index in [9.17, 15) is 14.0 Å². The zero-order chi connectivity index (χ0) is 24.7. The molecule has 3 N–H and O–H groups in total. The number of carbonyl (C=O) groups excluding carboxylic acids is 2. The SMILES string of the molecule is C=C(CCC(C=O)Nc1ccc(N2CCC(N3CCC(NC=O)CC3)C(F)(F)C2)c(F)c1)NC. The Bertz CT molecular complexity index is 861. The summed E-state index contributed by atoms with van der Waals surface area (Å²) in [6.07, 6.45) is 4.00. The van der Waals surface area contributed by atoms with Crippen molar-refractivity contribution in [3.63, 3.8) is 0 Å². The van der Waals surface area contributed by atoms with Gasteiger partial charge in [-0.15, -0.1) is 0 Å². The van der Waals surface area contributed by atoms with E-state index >= 15 is 8.78 Å². The number of carbonyl (C=O) groups is 2. The molecule has 2 atom stereocenters. The van der Waals surface area contributed by atoms with E-state index in [1.807, 2.05) is 0 Å². The van der Waals surface area contributed by atoms with E-state index in [4.69, 9.17) is 0 Å². The van der Waals surface area contributed by atoms with Gasteiger partial charge in [0, 0.05) is 44.1 Å². The number of likely N-dealkylation sites (tertiary alicyclic amines) is 1. The molecule has 2 aliphatic rings. The molecule has 10 heteroatoms. The number of alkyl halides is 2. The van der Waals surface area contributed by atoms with Gasteiger partial charge in [-0.25, -0.2) is 13.2 Å². The van der Waals surface area contributed by atoms with Crippen LogP contribution in [0, 0.1) is 5.82 Å². The summed E-state index contributed by atoms with van der Waals surface area (Å²) < 4.78 is 45.1. The van der Waals surface area contributed by atoms with Crippen molar-refractivity contribution in [3.05, 3.63) is 36.3 Å². The summed E-state index contributed by atoms with van der Waals surface area (Å²) in [4.78, 5) is 25.2. The second-order valence-electron chi connectivity index (χ2n) is 9.03. The van der Waals surface area contributed by atoms with E-state index in [-0.39, 0.29) is 18.2 Å². The molecule has 0 aromatic heterocycles. The van der Waals surface area contributed by atoms with E-state index in [1.165, 1.54) is 17.0 Å². The number of halogens is 3. The number of rotatable bonds is 11. The van der Waals surface area contributed by atoms with E-state index in [0.29, 0.717) is 57.4 Å². The highest BCUT2D eigenvalue weighted by Gasteiger charge is 2.48. The van der Waals surface area contributed by atoms with Gasteiger partial charge < -0.3 is 25.6 Å². The monoisotopic (exact) mass is 481 g/mol. The minimum atomic E-state index is -3.00. The number of benzene rings is 1. The lowest BCUT2D eigenvalue weighted by Gasteiger charge is -2.46. The van der Waals surface area contributed by atoms with Crippen LogP contribution in [0.2, 0.25) is 0 Å². The molecule has 3 rings (SSSR count). The third-order valence-corrected chi connectivity index (χ3v) is 6.75. The van der Waals surface area contributed by atoms with Crippen LogP contribution in [-0.2, 0) is 9.59 Å². The topological polar surface area (TPSA) is 76.7 Å². The summed E-state index contributed by atoms with van der Waals surface area (Å²) in [5, 5.41) is 8.62. The van der Waals surface area contributed by atoms with Crippen molar-refractivity contribution in [1.82, 2.24) is 15.5 Å². The van der Waals surface area contributed by atoms with Crippen LogP contribution in [0.25, 0.3) is 0 Å². The van der Waals surface area contributed by atoms with Crippen LogP contribution in [0.5, 0.6) is 0 Å². The summed E-state index contributed by atoms with van der Waals surface area (Å²) >= 11 is 0. The van der Waals surface area contributed by atoms with Crippen LogP contribution in [-0.4, -0.2) is 74.9 Å². The molecule has 0 radical (unpaired) electrons. The maximum Gasteiger partial charge on any atom is 0.280 e. The number of anilines is 2. The molecule has 188 valence electrons. The molecule has 2 saturated heterocycles. The fraction of sp³-hybridized carbons (Fsp3) is 0.583. The van der Waals surface area contributed by atoms with Crippen molar-refractivity contribution in [2.24, 2.45) is 0 Å². The number of hydrogen-bond donors (Lipinski definition) is 3. The highest BCUT2D eigenvalue weighted by molar-refractivity contribution is 5.66. The first-order chi connectivity index (χ1) is 16.3. The van der Waals surface area contributed by atoms with Gasteiger partial charge >= 0.3 is 0 Å². The van der Waals surface area contributed by atoms with Gasteiger partial charge in [0.15, 0.2) is 0 Å². The lowest BCUT2D eigenvalue weighted by Crippen LogP contribution is -2.60. The van der Waals surface area contributed by atoms with Crippen LogP contribution in [0.15, 0.2) is 30.5 Å². The second kappa shape index (κ2) is 11.6. The molecule has 2 unspecified atom stereocenters. The van der Waals surface area contributed by atoms with Crippen LogP contribution in [0.1, 0.15) is 32.1 Å². The van der Waals surface area contributed by atoms with Crippen molar-refractivity contribution in [2.45, 2.75) is 56.2 Å². The highest BCUT2D eigenvalue weighted by atomic mass is 19.3. The van der Waals surface area contributed by atoms with Crippen molar-refractivity contribution in [2.75, 3.05) is 43.4 Å². The Hall–Kier alpha value is -2.75. The Morgan fingerprint density at radius 3 is 2.56 bits per heavy atom. The van der Waals surface area contributed by atoms with Crippen molar-refractivity contribution >= 4 is 24.1 Å². The molecule has 0 aliphatic carbocycles. The molecule has 34 heavy (non-hydrogen) atoms. The lowest BCUT2D eigenvalue weighted by atomic mass is 9.94. The number of aldehydes is 1. The van der Waals surface area contributed by atoms with E-state index in [2.05, 4.69) is 22.5 Å². The van der Waals surface area contributed by atoms with Crippen molar-refractivity contribution in [1.29, 1.82) is 0 Å². The number of hydrogen-bond acceptors (Lipinski definition) is 6. The first-order valence-electron chi connectivity index (χ1n) is 11.7. The Kier molecular flexibility index (Phi) is 8.82. The maximum absolute atomic E-state index is 15.1. The minimum absolute atomic E-state index is 0.0321. The number of amides is 1. The molecular formula is C24H34F3N5O2. The molecule has 0 spiro atoms. The van der Waals surface area contributed by atoms with E-state index in [1.54, 1.807) is 18.0 Å². The average Bonchev–Trinajstić information content (AvgIpc) is 2.82. The first-order valence-corrected chi connectivity index (χ1v) is 11.7. The van der Waals surface area contributed by atoms with Crippen LogP contribution in [0.4, 0.5) is 24.5 Å². The molecule has 1 amide bonds. The quantitative estimate of drug-likeness (QED) is 0.422. The van der Waals surface area contributed by atoms with Gasteiger partial charge in [-0.1, -0.05) is 6.58 Å². The third kappa shape index (κ3) is 6.43. The molecule has 0 saturated carbocycles. The standard InChI is InChI=1S/C24H34F3N5O2/c1-17(28-2)3-4-20(14-33)30-19-5-6-22(21(25)13-19)32-12-9-23(24(26,27)15-32)31-10-7-18(8-11-31)29-16-34/h5-6,13-14,16,18,20,23,28,30H,1,3-4,7-12,15H2,2H3,(H,29,34). The van der Waals surface area contributed by atoms with E-state index < -0.39 is 30.4 Å². The summed E-state index contributed by atoms with van der Waals surface area (Å²) in [5.41, 5.74) is 1.34. The minimum Gasteiger partial charge on any atom is -0.392 e. The number of piperidine rings is 2. The largest absolute Gasteiger partial charge is 0.392 e. The molecule has 2 heterocycles. The molecule has 1 aromatic rings. The Labute approximate surface area is 198 Å². The van der Waals surface area contributed by atoms with Crippen molar-refractivity contribution < 1.29 is 22.8 Å². The lowest BCUT2D eigenvalue weighted by molar-refractivity contribution is -0.111. The molecule has 2 fully saturated rings. The molecular weight excluding hydrogens is 447 g/mol. The summed E-state index contributed by atoms with van der Waals surface area (Å²) in [7, 11) is 1.75. The van der Waals surface area contributed by atoms with Crippen LogP contribution >= 0.6 is 0 Å². The normalized spacial score (nSPS) is 22.0.